The molecule has 1 aromatic carbocycles. The van der Waals surface area contributed by atoms with Crippen LogP contribution in [0.3, 0.4) is 0 Å². The second-order valence-electron chi connectivity index (χ2n) is 5.20. The van der Waals surface area contributed by atoms with Crippen LogP contribution in [0.5, 0.6) is 5.88 Å². The van der Waals surface area contributed by atoms with Gasteiger partial charge >= 0.3 is 0 Å². The minimum Gasteiger partial charge on any atom is -0.475 e. The van der Waals surface area contributed by atoms with Crippen LogP contribution < -0.4 is 10.2 Å². The molecule has 0 fully saturated rings. The number of aromatic nitrogens is 1. The van der Waals surface area contributed by atoms with Crippen molar-refractivity contribution in [1.82, 2.24) is 4.98 Å². The van der Waals surface area contributed by atoms with Crippen LogP contribution in [-0.4, -0.2) is 32.1 Å². The molecule has 0 aliphatic heterocycles. The average molecular weight is 270 g/mol. The molecule has 0 aliphatic carbocycles. The molecule has 0 saturated heterocycles. The summed E-state index contributed by atoms with van der Waals surface area (Å²) < 4.78 is 11.2. The van der Waals surface area contributed by atoms with E-state index < -0.39 is 0 Å². The van der Waals surface area contributed by atoms with Crippen molar-refractivity contribution in [3.05, 3.63) is 30.5 Å². The van der Waals surface area contributed by atoms with E-state index in [4.69, 9.17) is 9.47 Å². The van der Waals surface area contributed by atoms with Gasteiger partial charge in [-0.1, -0.05) is 38.3 Å². The summed E-state index contributed by atoms with van der Waals surface area (Å²) in [5.41, 5.74) is 1.20. The van der Waals surface area contributed by atoms with Crippen LogP contribution in [0, 0.1) is 5.92 Å². The molecule has 2 rings (SSSR count). The molecule has 0 unspecified atom stereocenters. The Balaban J connectivity index is 1.99. The molecule has 0 spiro atoms. The van der Waals surface area contributed by atoms with E-state index in [1.165, 1.54) is 5.46 Å². The molecule has 0 amide bonds. The van der Waals surface area contributed by atoms with Crippen LogP contribution in [0.15, 0.2) is 30.5 Å². The highest BCUT2D eigenvalue weighted by molar-refractivity contribution is 6.52. The molecule has 1 radical (unpaired) electrons. The molecule has 20 heavy (non-hydrogen) atoms. The summed E-state index contributed by atoms with van der Waals surface area (Å²) in [5.74, 6) is 1.23. The third-order valence-electron chi connectivity index (χ3n) is 3.00. The van der Waals surface area contributed by atoms with E-state index in [0.717, 1.165) is 17.4 Å². The van der Waals surface area contributed by atoms with Crippen LogP contribution in [0.2, 0.25) is 6.82 Å². The van der Waals surface area contributed by atoms with E-state index in [1.54, 1.807) is 6.20 Å². The molecule has 4 heteroatoms. The first-order valence-corrected chi connectivity index (χ1v) is 7.09. The summed E-state index contributed by atoms with van der Waals surface area (Å²) in [6.45, 7) is 8.19. The average Bonchev–Trinajstić information content (AvgIpc) is 2.46. The molecular weight excluding hydrogens is 249 g/mol. The molecule has 3 nitrogen and oxygen atoms in total. The Hall–Kier alpha value is -1.55. The van der Waals surface area contributed by atoms with E-state index >= 15 is 0 Å². The Labute approximate surface area is 121 Å². The predicted molar refractivity (Wildman–Crippen MR) is 84.1 cm³/mol. The quantitative estimate of drug-likeness (QED) is 0.572. The van der Waals surface area contributed by atoms with Gasteiger partial charge in [0.05, 0.1) is 6.61 Å². The lowest BCUT2D eigenvalue weighted by atomic mass is 9.73. The van der Waals surface area contributed by atoms with Crippen LogP contribution in [0.4, 0.5) is 0 Å². The highest BCUT2D eigenvalue weighted by Crippen LogP contribution is 2.21. The second-order valence-corrected chi connectivity index (χ2v) is 5.20. The summed E-state index contributed by atoms with van der Waals surface area (Å²) in [6.07, 6.45) is 1.78. The predicted octanol–water partition coefficient (Wildman–Crippen LogP) is 2.66. The number of ether oxygens (including phenoxy) is 2. The third kappa shape index (κ3) is 3.97. The number of rotatable bonds is 7. The maximum absolute atomic E-state index is 5.73. The molecule has 105 valence electrons. The molecule has 0 atom stereocenters. The van der Waals surface area contributed by atoms with Crippen molar-refractivity contribution in [2.24, 2.45) is 5.92 Å². The van der Waals surface area contributed by atoms with Gasteiger partial charge in [-0.15, -0.1) is 0 Å². The van der Waals surface area contributed by atoms with Crippen LogP contribution >= 0.6 is 0 Å². The number of hydrogen-bond donors (Lipinski definition) is 0. The zero-order valence-electron chi connectivity index (χ0n) is 12.4. The zero-order chi connectivity index (χ0) is 14.4. The van der Waals surface area contributed by atoms with E-state index in [9.17, 15) is 0 Å². The Kier molecular flexibility index (Phi) is 5.42. The van der Waals surface area contributed by atoms with Crippen molar-refractivity contribution in [1.29, 1.82) is 0 Å². The van der Waals surface area contributed by atoms with Gasteiger partial charge in [0.15, 0.2) is 0 Å². The molecule has 1 heterocycles. The lowest BCUT2D eigenvalue weighted by Crippen LogP contribution is -2.12. The second kappa shape index (κ2) is 7.29. The summed E-state index contributed by atoms with van der Waals surface area (Å²) in [6, 6.07) is 8.28. The van der Waals surface area contributed by atoms with Crippen LogP contribution in [-0.2, 0) is 4.74 Å². The lowest BCUT2D eigenvalue weighted by molar-refractivity contribution is 0.0811. The SMILES string of the molecule is C[B]c1ccc2c(OCCOCC(C)C)nccc2c1. The molecule has 0 bridgehead atoms. The van der Waals surface area contributed by atoms with E-state index in [-0.39, 0.29) is 0 Å². The van der Waals surface area contributed by atoms with Crippen molar-refractivity contribution in [3.63, 3.8) is 0 Å². The first-order chi connectivity index (χ1) is 9.70. The topological polar surface area (TPSA) is 31.4 Å². The van der Waals surface area contributed by atoms with Crippen LogP contribution in [0.1, 0.15) is 13.8 Å². The Bertz CT molecular complexity index is 557. The zero-order valence-corrected chi connectivity index (χ0v) is 12.4. The first-order valence-electron chi connectivity index (χ1n) is 7.09. The highest BCUT2D eigenvalue weighted by Gasteiger charge is 2.04. The van der Waals surface area contributed by atoms with Crippen LogP contribution in [0.25, 0.3) is 10.8 Å². The number of benzene rings is 1. The number of hydrogen-bond acceptors (Lipinski definition) is 3. The number of nitrogens with zero attached hydrogens (tertiary/aromatic N) is 1. The lowest BCUT2D eigenvalue weighted by Gasteiger charge is -2.10. The Morgan fingerprint density at radius 3 is 2.80 bits per heavy atom. The van der Waals surface area contributed by atoms with Gasteiger partial charge in [0.2, 0.25) is 5.88 Å². The highest BCUT2D eigenvalue weighted by atomic mass is 16.5. The molecule has 0 N–H and O–H groups in total. The third-order valence-corrected chi connectivity index (χ3v) is 3.00. The minimum absolute atomic E-state index is 0.528. The summed E-state index contributed by atoms with van der Waals surface area (Å²) in [5, 5.41) is 2.19. The molecule has 2 aromatic rings. The van der Waals surface area contributed by atoms with Gasteiger partial charge in [-0.2, -0.15) is 0 Å². The smallest absolute Gasteiger partial charge is 0.221 e. The number of fused-ring (bicyclic) bond motifs is 1. The van der Waals surface area contributed by atoms with Crippen molar-refractivity contribution in [2.45, 2.75) is 20.7 Å². The molecular formula is C16H21BNO2. The first kappa shape index (κ1) is 14.9. The maximum atomic E-state index is 5.73. The molecule has 0 saturated carbocycles. The van der Waals surface area contributed by atoms with E-state index in [1.807, 2.05) is 12.9 Å². The number of pyridine rings is 1. The van der Waals surface area contributed by atoms with Crippen molar-refractivity contribution >= 4 is 23.5 Å². The van der Waals surface area contributed by atoms with Gasteiger partial charge in [-0.3, -0.25) is 0 Å². The van der Waals surface area contributed by atoms with E-state index in [0.29, 0.717) is 25.0 Å². The van der Waals surface area contributed by atoms with Gasteiger partial charge in [-0.25, -0.2) is 4.98 Å². The fourth-order valence-corrected chi connectivity index (χ4v) is 1.98. The van der Waals surface area contributed by atoms with Gasteiger partial charge in [0.25, 0.3) is 0 Å². The largest absolute Gasteiger partial charge is 0.475 e. The molecule has 1 aromatic heterocycles. The van der Waals surface area contributed by atoms with Gasteiger partial charge in [0.1, 0.15) is 13.9 Å². The minimum atomic E-state index is 0.528. The molecule has 0 aliphatic rings. The fraction of sp³-hybridized carbons (Fsp3) is 0.438. The Morgan fingerprint density at radius 1 is 1.20 bits per heavy atom. The van der Waals surface area contributed by atoms with Gasteiger partial charge < -0.3 is 9.47 Å². The maximum Gasteiger partial charge on any atom is 0.221 e. The van der Waals surface area contributed by atoms with Crippen molar-refractivity contribution in [2.75, 3.05) is 19.8 Å². The fourth-order valence-electron chi connectivity index (χ4n) is 1.98. The summed E-state index contributed by atoms with van der Waals surface area (Å²) in [7, 11) is 2.08. The van der Waals surface area contributed by atoms with E-state index in [2.05, 4.69) is 44.3 Å². The summed E-state index contributed by atoms with van der Waals surface area (Å²) >= 11 is 0. The summed E-state index contributed by atoms with van der Waals surface area (Å²) in [4.78, 5) is 4.31. The van der Waals surface area contributed by atoms with Crippen molar-refractivity contribution < 1.29 is 9.47 Å². The van der Waals surface area contributed by atoms with Crippen molar-refractivity contribution in [3.8, 4) is 5.88 Å². The standard InChI is InChI=1S/C16H21BNO2/c1-12(2)11-19-8-9-20-16-15-5-4-14(17-3)10-13(15)6-7-18-16/h4-7,10,12H,8-9,11H2,1-3H3. The Morgan fingerprint density at radius 2 is 2.05 bits per heavy atom. The van der Waals surface area contributed by atoms with Gasteiger partial charge in [0, 0.05) is 18.2 Å². The normalized spacial score (nSPS) is 11.0. The monoisotopic (exact) mass is 270 g/mol. The van der Waals surface area contributed by atoms with Gasteiger partial charge in [-0.05, 0) is 23.4 Å².